The number of hydrogen-bond acceptors (Lipinski definition) is 6. The molecule has 4 aromatic rings. The summed E-state index contributed by atoms with van der Waals surface area (Å²) in [7, 11) is 0. The molecule has 0 atom stereocenters. The Kier molecular flexibility index (Phi) is 6.95. The van der Waals surface area contributed by atoms with E-state index in [1.807, 2.05) is 42.5 Å². The molecule has 0 unspecified atom stereocenters. The van der Waals surface area contributed by atoms with E-state index in [0.717, 1.165) is 41.1 Å². The van der Waals surface area contributed by atoms with Crippen LogP contribution < -0.4 is 15.8 Å². The van der Waals surface area contributed by atoms with E-state index in [1.165, 1.54) is 5.69 Å². The minimum absolute atomic E-state index is 0.166. The third kappa shape index (κ3) is 5.50. The Bertz CT molecular complexity index is 1460. The minimum atomic E-state index is -0.281. The van der Waals surface area contributed by atoms with Gasteiger partial charge in [-0.3, -0.25) is 10.2 Å². The molecule has 0 aliphatic carbocycles. The maximum absolute atomic E-state index is 13.0. The first kappa shape index (κ1) is 24.9. The second-order valence-electron chi connectivity index (χ2n) is 9.81. The molecular formula is C29H31N5O2S. The number of nitrogens with zero attached hydrogens (tertiary/aromatic N) is 2. The van der Waals surface area contributed by atoms with Crippen molar-refractivity contribution in [3.63, 3.8) is 0 Å². The number of hydrazine groups is 1. The normalized spacial score (nSPS) is 15.6. The molecule has 0 bridgehead atoms. The van der Waals surface area contributed by atoms with Crippen LogP contribution in [0.2, 0.25) is 0 Å². The van der Waals surface area contributed by atoms with Gasteiger partial charge in [-0.25, -0.2) is 4.98 Å². The lowest BCUT2D eigenvalue weighted by atomic mass is 10.0. The van der Waals surface area contributed by atoms with Crippen LogP contribution in [0.3, 0.4) is 0 Å². The predicted molar refractivity (Wildman–Crippen MR) is 153 cm³/mol. The van der Waals surface area contributed by atoms with Crippen molar-refractivity contribution in [2.75, 3.05) is 24.6 Å². The number of imidazole rings is 1. The van der Waals surface area contributed by atoms with Crippen LogP contribution in [0.1, 0.15) is 35.3 Å². The second kappa shape index (κ2) is 10.3. The highest BCUT2D eigenvalue weighted by Crippen LogP contribution is 2.30. The van der Waals surface area contributed by atoms with Gasteiger partial charge in [-0.1, -0.05) is 36.4 Å². The fraction of sp³-hybridized carbons (Fsp3) is 0.241. The highest BCUT2D eigenvalue weighted by Gasteiger charge is 2.27. The number of aromatic nitrogens is 2. The second-order valence-corrected chi connectivity index (χ2v) is 10.3. The molecule has 1 saturated heterocycles. The molecular weight excluding hydrogens is 482 g/mol. The van der Waals surface area contributed by atoms with E-state index in [9.17, 15) is 4.79 Å². The highest BCUT2D eigenvalue weighted by atomic mass is 32.1. The SMILES string of the molecule is Cc1cc(N2CCOC(C)(C)C2)ccc1-c1nc2c(C(=O)NN/C=C(\S)c3ccccc3)cccc2[nH]1. The number of H-pyrrole nitrogens is 1. The number of amides is 1. The molecule has 1 aromatic heterocycles. The number of ether oxygens (including phenoxy) is 1. The number of thiol groups is 1. The molecule has 2 heterocycles. The predicted octanol–water partition coefficient (Wildman–Crippen LogP) is 5.32. The Morgan fingerprint density at radius 3 is 2.70 bits per heavy atom. The lowest BCUT2D eigenvalue weighted by molar-refractivity contribution is -0.0276. The Morgan fingerprint density at radius 1 is 1.14 bits per heavy atom. The molecule has 7 nitrogen and oxygen atoms in total. The molecule has 190 valence electrons. The maximum atomic E-state index is 13.0. The summed E-state index contributed by atoms with van der Waals surface area (Å²) in [6.07, 6.45) is 1.65. The van der Waals surface area contributed by atoms with Gasteiger partial charge in [0, 0.05) is 35.4 Å². The van der Waals surface area contributed by atoms with Crippen molar-refractivity contribution in [2.24, 2.45) is 0 Å². The largest absolute Gasteiger partial charge is 0.372 e. The molecule has 1 aliphatic rings. The molecule has 0 saturated carbocycles. The minimum Gasteiger partial charge on any atom is -0.372 e. The van der Waals surface area contributed by atoms with E-state index in [-0.39, 0.29) is 11.5 Å². The molecule has 37 heavy (non-hydrogen) atoms. The Hall–Kier alpha value is -3.75. The van der Waals surface area contributed by atoms with Crippen molar-refractivity contribution in [3.8, 4) is 11.4 Å². The number of aryl methyl sites for hydroxylation is 1. The standard InChI is InChI=1S/C29H31N5O2S/c1-19-16-21(34-14-15-36-29(2,3)18-34)12-13-22(19)27-31-24-11-7-10-23(26(24)32-27)28(35)33-30-17-25(37)20-8-5-4-6-9-20/h4-13,16-17,30,37H,14-15,18H2,1-3H3,(H,31,32)(H,33,35)/b25-17-. The summed E-state index contributed by atoms with van der Waals surface area (Å²) < 4.78 is 5.86. The van der Waals surface area contributed by atoms with Gasteiger partial charge in [0.05, 0.1) is 23.3 Å². The highest BCUT2D eigenvalue weighted by molar-refractivity contribution is 7.90. The number of para-hydroxylation sites is 1. The molecule has 1 fully saturated rings. The topological polar surface area (TPSA) is 82.3 Å². The van der Waals surface area contributed by atoms with Crippen LogP contribution in [0.5, 0.6) is 0 Å². The van der Waals surface area contributed by atoms with Crippen LogP contribution in [0.4, 0.5) is 5.69 Å². The molecule has 1 amide bonds. The van der Waals surface area contributed by atoms with E-state index < -0.39 is 0 Å². The maximum Gasteiger partial charge on any atom is 0.271 e. The summed E-state index contributed by atoms with van der Waals surface area (Å²) in [5.74, 6) is 0.451. The zero-order valence-electron chi connectivity index (χ0n) is 21.2. The number of anilines is 1. The first-order chi connectivity index (χ1) is 17.8. The van der Waals surface area contributed by atoms with Crippen molar-refractivity contribution in [3.05, 3.63) is 89.6 Å². The number of morpholine rings is 1. The lowest BCUT2D eigenvalue weighted by Crippen LogP contribution is -2.48. The van der Waals surface area contributed by atoms with Gasteiger partial charge in [0.2, 0.25) is 0 Å². The van der Waals surface area contributed by atoms with Crippen LogP contribution >= 0.6 is 12.6 Å². The number of nitrogens with one attached hydrogen (secondary N) is 3. The Balaban J connectivity index is 1.35. The Labute approximate surface area is 222 Å². The summed E-state index contributed by atoms with van der Waals surface area (Å²) in [6.45, 7) is 8.76. The summed E-state index contributed by atoms with van der Waals surface area (Å²) in [6, 6.07) is 21.7. The number of fused-ring (bicyclic) bond motifs is 1. The number of carbonyl (C=O) groups excluding carboxylic acids is 1. The van der Waals surface area contributed by atoms with Crippen molar-refractivity contribution in [2.45, 2.75) is 26.4 Å². The van der Waals surface area contributed by atoms with Gasteiger partial charge in [-0.2, -0.15) is 0 Å². The van der Waals surface area contributed by atoms with Gasteiger partial charge in [0.15, 0.2) is 0 Å². The fourth-order valence-corrected chi connectivity index (χ4v) is 4.83. The third-order valence-electron chi connectivity index (χ3n) is 6.48. The van der Waals surface area contributed by atoms with Crippen LogP contribution in [0.25, 0.3) is 27.3 Å². The van der Waals surface area contributed by atoms with Gasteiger partial charge in [0.25, 0.3) is 5.91 Å². The van der Waals surface area contributed by atoms with E-state index in [1.54, 1.807) is 12.3 Å². The van der Waals surface area contributed by atoms with Gasteiger partial charge < -0.3 is 20.0 Å². The third-order valence-corrected chi connectivity index (χ3v) is 6.86. The Morgan fingerprint density at radius 2 is 1.95 bits per heavy atom. The number of hydrogen-bond donors (Lipinski definition) is 4. The zero-order valence-corrected chi connectivity index (χ0v) is 22.1. The first-order valence-electron chi connectivity index (χ1n) is 12.3. The number of rotatable bonds is 6. The average Bonchev–Trinajstić information content (AvgIpc) is 3.32. The number of carbonyl (C=O) groups is 1. The molecule has 3 N–H and O–H groups in total. The van der Waals surface area contributed by atoms with Crippen molar-refractivity contribution >= 4 is 40.2 Å². The summed E-state index contributed by atoms with van der Waals surface area (Å²) in [5.41, 5.74) is 11.5. The summed E-state index contributed by atoms with van der Waals surface area (Å²) in [4.78, 5) is 24.2. The monoisotopic (exact) mass is 513 g/mol. The first-order valence-corrected chi connectivity index (χ1v) is 12.7. The van der Waals surface area contributed by atoms with Crippen LogP contribution in [-0.4, -0.2) is 41.2 Å². The lowest BCUT2D eigenvalue weighted by Gasteiger charge is -2.39. The zero-order chi connectivity index (χ0) is 26.0. The van der Waals surface area contributed by atoms with Crippen LogP contribution in [0, 0.1) is 6.92 Å². The number of aromatic amines is 1. The number of benzene rings is 3. The van der Waals surface area contributed by atoms with Crippen LogP contribution in [0.15, 0.2) is 72.9 Å². The van der Waals surface area contributed by atoms with E-state index in [0.29, 0.717) is 22.6 Å². The van der Waals surface area contributed by atoms with Crippen molar-refractivity contribution in [1.82, 2.24) is 20.8 Å². The molecule has 1 aliphatic heterocycles. The van der Waals surface area contributed by atoms with Gasteiger partial charge in [-0.15, -0.1) is 12.6 Å². The van der Waals surface area contributed by atoms with E-state index in [4.69, 9.17) is 9.72 Å². The quantitative estimate of drug-likeness (QED) is 0.207. The molecule has 3 aromatic carbocycles. The van der Waals surface area contributed by atoms with E-state index >= 15 is 0 Å². The van der Waals surface area contributed by atoms with E-state index in [2.05, 4.69) is 72.3 Å². The molecule has 0 radical (unpaired) electrons. The van der Waals surface area contributed by atoms with Crippen molar-refractivity contribution in [1.29, 1.82) is 0 Å². The van der Waals surface area contributed by atoms with Gasteiger partial charge in [-0.05, 0) is 62.2 Å². The molecule has 8 heteroatoms. The smallest absolute Gasteiger partial charge is 0.271 e. The molecule has 0 spiro atoms. The molecule has 5 rings (SSSR count). The summed E-state index contributed by atoms with van der Waals surface area (Å²) >= 11 is 4.49. The van der Waals surface area contributed by atoms with Crippen LogP contribution in [-0.2, 0) is 4.74 Å². The van der Waals surface area contributed by atoms with Crippen molar-refractivity contribution < 1.29 is 9.53 Å². The average molecular weight is 514 g/mol. The van der Waals surface area contributed by atoms with Gasteiger partial charge >= 0.3 is 0 Å². The van der Waals surface area contributed by atoms with Gasteiger partial charge in [0.1, 0.15) is 11.3 Å². The fourth-order valence-electron chi connectivity index (χ4n) is 4.62. The summed E-state index contributed by atoms with van der Waals surface area (Å²) in [5, 5.41) is 0.